The summed E-state index contributed by atoms with van der Waals surface area (Å²) in [4.78, 5) is 17.3. The maximum absolute atomic E-state index is 13.2. The summed E-state index contributed by atoms with van der Waals surface area (Å²) in [6.07, 6.45) is -2.76. The van der Waals surface area contributed by atoms with Gasteiger partial charge < -0.3 is 10.1 Å². The average molecular weight is 453 g/mol. The molecule has 0 saturated heterocycles. The quantitative estimate of drug-likeness (QED) is 0.264. The van der Waals surface area contributed by atoms with Crippen LogP contribution in [0, 0.1) is 6.92 Å². The molecule has 1 heterocycles. The Bertz CT molecular complexity index is 1070. The first-order valence-electron chi connectivity index (χ1n) is 8.65. The SMILES string of the molecule is CSc1ccc(OC(=O)c2ccc(C(F)(F)F)nc2Nc2cc(Cl)ccc2C)cc1. The van der Waals surface area contributed by atoms with Crippen LogP contribution in [0.1, 0.15) is 21.6 Å². The summed E-state index contributed by atoms with van der Waals surface area (Å²) in [5.41, 5.74) is -0.139. The number of esters is 1. The highest BCUT2D eigenvalue weighted by Gasteiger charge is 2.34. The topological polar surface area (TPSA) is 51.2 Å². The van der Waals surface area contributed by atoms with E-state index in [4.69, 9.17) is 16.3 Å². The number of rotatable bonds is 5. The molecule has 0 aliphatic heterocycles. The molecular formula is C21H16ClF3N2O2S. The Hall–Kier alpha value is -2.71. The number of pyridine rings is 1. The summed E-state index contributed by atoms with van der Waals surface area (Å²) in [5.74, 6) is -0.848. The van der Waals surface area contributed by atoms with Crippen LogP contribution >= 0.6 is 23.4 Å². The van der Waals surface area contributed by atoms with E-state index in [1.165, 1.54) is 17.8 Å². The van der Waals surface area contributed by atoms with Crippen molar-refractivity contribution in [3.8, 4) is 5.75 Å². The van der Waals surface area contributed by atoms with Crippen LogP contribution in [0.15, 0.2) is 59.5 Å². The van der Waals surface area contributed by atoms with E-state index >= 15 is 0 Å². The lowest BCUT2D eigenvalue weighted by Gasteiger charge is -2.15. The number of alkyl halides is 3. The maximum Gasteiger partial charge on any atom is 0.433 e. The van der Waals surface area contributed by atoms with Gasteiger partial charge >= 0.3 is 12.1 Å². The Morgan fingerprint density at radius 1 is 1.10 bits per heavy atom. The Morgan fingerprint density at radius 2 is 1.80 bits per heavy atom. The normalized spacial score (nSPS) is 11.3. The zero-order valence-corrected chi connectivity index (χ0v) is 17.5. The number of aromatic nitrogens is 1. The average Bonchev–Trinajstić information content (AvgIpc) is 2.70. The van der Waals surface area contributed by atoms with Gasteiger partial charge in [0.25, 0.3) is 0 Å². The first-order chi connectivity index (χ1) is 14.2. The molecule has 1 N–H and O–H groups in total. The van der Waals surface area contributed by atoms with Crippen LogP contribution in [0.5, 0.6) is 5.75 Å². The number of aryl methyl sites for hydroxylation is 1. The third-order valence-corrected chi connectivity index (χ3v) is 5.11. The third-order valence-electron chi connectivity index (χ3n) is 4.13. The van der Waals surface area contributed by atoms with Crippen molar-refractivity contribution in [2.75, 3.05) is 11.6 Å². The predicted octanol–water partition coefficient (Wildman–Crippen LogP) is 6.75. The molecule has 3 rings (SSSR count). The van der Waals surface area contributed by atoms with Crippen molar-refractivity contribution in [1.82, 2.24) is 4.98 Å². The zero-order valence-electron chi connectivity index (χ0n) is 15.9. The minimum atomic E-state index is -4.67. The minimum absolute atomic E-state index is 0.142. The van der Waals surface area contributed by atoms with Crippen molar-refractivity contribution in [3.05, 3.63) is 76.4 Å². The van der Waals surface area contributed by atoms with Gasteiger partial charge in [0.15, 0.2) is 0 Å². The van der Waals surface area contributed by atoms with Crippen LogP contribution in [-0.4, -0.2) is 17.2 Å². The van der Waals surface area contributed by atoms with Gasteiger partial charge in [-0.3, -0.25) is 0 Å². The smallest absolute Gasteiger partial charge is 0.423 e. The minimum Gasteiger partial charge on any atom is -0.423 e. The fourth-order valence-corrected chi connectivity index (χ4v) is 3.12. The molecular weight excluding hydrogens is 437 g/mol. The molecule has 0 fully saturated rings. The van der Waals surface area contributed by atoms with E-state index in [-0.39, 0.29) is 17.1 Å². The number of halogens is 4. The molecule has 9 heteroatoms. The number of nitrogens with zero attached hydrogens (tertiary/aromatic N) is 1. The van der Waals surface area contributed by atoms with Gasteiger partial charge in [0.1, 0.15) is 22.8 Å². The Kier molecular flexibility index (Phi) is 6.58. The van der Waals surface area contributed by atoms with Crippen LogP contribution in [0.2, 0.25) is 5.02 Å². The molecule has 0 spiro atoms. The predicted molar refractivity (Wildman–Crippen MR) is 112 cm³/mol. The number of nitrogens with one attached hydrogen (secondary N) is 1. The summed E-state index contributed by atoms with van der Waals surface area (Å²) in [6, 6.07) is 13.4. The summed E-state index contributed by atoms with van der Waals surface area (Å²) in [6.45, 7) is 1.75. The van der Waals surface area contributed by atoms with Crippen molar-refractivity contribution in [2.24, 2.45) is 0 Å². The van der Waals surface area contributed by atoms with Crippen LogP contribution in [-0.2, 0) is 6.18 Å². The van der Waals surface area contributed by atoms with Crippen molar-refractivity contribution >= 4 is 40.8 Å². The molecule has 1 aromatic heterocycles. The van der Waals surface area contributed by atoms with Gasteiger partial charge in [-0.15, -0.1) is 11.8 Å². The summed E-state index contributed by atoms with van der Waals surface area (Å²) in [7, 11) is 0. The number of thioether (sulfide) groups is 1. The monoisotopic (exact) mass is 452 g/mol. The highest BCUT2D eigenvalue weighted by atomic mass is 35.5. The van der Waals surface area contributed by atoms with Gasteiger partial charge in [0.05, 0.1) is 0 Å². The number of hydrogen-bond donors (Lipinski definition) is 1. The Labute approximate surface area is 180 Å². The molecule has 0 atom stereocenters. The van der Waals surface area contributed by atoms with E-state index in [0.717, 1.165) is 17.0 Å². The first kappa shape index (κ1) is 22.0. The van der Waals surface area contributed by atoms with E-state index in [1.54, 1.807) is 43.3 Å². The number of hydrogen-bond acceptors (Lipinski definition) is 5. The fraction of sp³-hybridized carbons (Fsp3) is 0.143. The largest absolute Gasteiger partial charge is 0.433 e. The maximum atomic E-state index is 13.2. The highest BCUT2D eigenvalue weighted by molar-refractivity contribution is 7.98. The number of ether oxygens (including phenoxy) is 1. The zero-order chi connectivity index (χ0) is 21.9. The molecule has 0 aliphatic rings. The molecule has 0 unspecified atom stereocenters. The second kappa shape index (κ2) is 8.97. The van der Waals surface area contributed by atoms with E-state index in [1.807, 2.05) is 6.26 Å². The molecule has 0 saturated carbocycles. The van der Waals surface area contributed by atoms with E-state index in [0.29, 0.717) is 16.3 Å². The molecule has 30 heavy (non-hydrogen) atoms. The number of benzene rings is 2. The highest BCUT2D eigenvalue weighted by Crippen LogP contribution is 2.32. The fourth-order valence-electron chi connectivity index (χ4n) is 2.54. The molecule has 0 bridgehead atoms. The number of anilines is 2. The van der Waals surface area contributed by atoms with Gasteiger partial charge in [-0.05, 0) is 67.3 Å². The second-order valence-corrected chi connectivity index (χ2v) is 7.56. The molecule has 4 nitrogen and oxygen atoms in total. The lowest BCUT2D eigenvalue weighted by molar-refractivity contribution is -0.141. The van der Waals surface area contributed by atoms with Crippen molar-refractivity contribution < 1.29 is 22.7 Å². The van der Waals surface area contributed by atoms with Crippen molar-refractivity contribution in [2.45, 2.75) is 18.0 Å². The Morgan fingerprint density at radius 3 is 2.43 bits per heavy atom. The number of carbonyl (C=O) groups excluding carboxylic acids is 1. The number of carbonyl (C=O) groups is 1. The van der Waals surface area contributed by atoms with Gasteiger partial charge in [-0.25, -0.2) is 9.78 Å². The van der Waals surface area contributed by atoms with Gasteiger partial charge in [0.2, 0.25) is 0 Å². The lowest BCUT2D eigenvalue weighted by Crippen LogP contribution is -2.16. The lowest BCUT2D eigenvalue weighted by atomic mass is 10.1. The Balaban J connectivity index is 1.97. The van der Waals surface area contributed by atoms with Crippen LogP contribution in [0.25, 0.3) is 0 Å². The first-order valence-corrected chi connectivity index (χ1v) is 10.3. The molecule has 0 aliphatic carbocycles. The van der Waals surface area contributed by atoms with Gasteiger partial charge in [0, 0.05) is 15.6 Å². The van der Waals surface area contributed by atoms with Crippen LogP contribution < -0.4 is 10.1 Å². The van der Waals surface area contributed by atoms with Gasteiger partial charge in [-0.1, -0.05) is 17.7 Å². The summed E-state index contributed by atoms with van der Waals surface area (Å²) in [5, 5.41) is 3.16. The second-order valence-electron chi connectivity index (χ2n) is 6.24. The van der Waals surface area contributed by atoms with Gasteiger partial charge in [-0.2, -0.15) is 13.2 Å². The molecule has 2 aromatic carbocycles. The summed E-state index contributed by atoms with van der Waals surface area (Å²) >= 11 is 7.51. The van der Waals surface area contributed by atoms with E-state index in [9.17, 15) is 18.0 Å². The van der Waals surface area contributed by atoms with Crippen molar-refractivity contribution in [3.63, 3.8) is 0 Å². The van der Waals surface area contributed by atoms with Crippen LogP contribution in [0.3, 0.4) is 0 Å². The molecule has 0 amide bonds. The molecule has 156 valence electrons. The van der Waals surface area contributed by atoms with Crippen molar-refractivity contribution in [1.29, 1.82) is 0 Å². The summed E-state index contributed by atoms with van der Waals surface area (Å²) < 4.78 is 44.8. The van der Waals surface area contributed by atoms with E-state index in [2.05, 4.69) is 10.3 Å². The standard InChI is InChI=1S/C21H16ClF3N2O2S/c1-12-3-4-13(22)11-17(12)26-19-16(9-10-18(27-19)21(23,24)25)20(28)29-14-5-7-15(30-2)8-6-14/h3-11H,1-2H3,(H,26,27). The third kappa shape index (κ3) is 5.25. The molecule has 3 aromatic rings. The van der Waals surface area contributed by atoms with E-state index < -0.39 is 17.8 Å². The van der Waals surface area contributed by atoms with Crippen LogP contribution in [0.4, 0.5) is 24.7 Å². The molecule has 0 radical (unpaired) electrons.